The first-order valence-electron chi connectivity index (χ1n) is 5.36. The zero-order valence-electron chi connectivity index (χ0n) is 9.29. The van der Waals surface area contributed by atoms with Crippen molar-refractivity contribution in [2.24, 2.45) is 5.73 Å². The number of hydrogen-bond donors (Lipinski definition) is 1. The molecule has 1 unspecified atom stereocenters. The molecule has 0 bridgehead atoms. The second-order valence-electron chi connectivity index (χ2n) is 3.55. The maximum atomic E-state index is 6.01. The van der Waals surface area contributed by atoms with Gasteiger partial charge in [0, 0.05) is 10.5 Å². The maximum absolute atomic E-state index is 6.01. The zero-order chi connectivity index (χ0) is 11.3. The lowest BCUT2D eigenvalue weighted by atomic mass is 10.1. The molecule has 0 spiro atoms. The summed E-state index contributed by atoms with van der Waals surface area (Å²) in [5, 5.41) is 0. The van der Waals surface area contributed by atoms with Crippen LogP contribution in [0.5, 0.6) is 5.75 Å². The van der Waals surface area contributed by atoms with Gasteiger partial charge in [-0.1, -0.05) is 29.8 Å². The predicted octanol–water partition coefficient (Wildman–Crippen LogP) is 3.65. The SMILES string of the molecule is CCCOc1ccc(Br)c(C(N)CC)c1. The summed E-state index contributed by atoms with van der Waals surface area (Å²) in [6.45, 7) is 4.93. The van der Waals surface area contributed by atoms with Gasteiger partial charge < -0.3 is 10.5 Å². The number of rotatable bonds is 5. The highest BCUT2D eigenvalue weighted by atomic mass is 79.9. The Morgan fingerprint density at radius 2 is 2.13 bits per heavy atom. The van der Waals surface area contributed by atoms with Crippen molar-refractivity contribution in [3.8, 4) is 5.75 Å². The third-order valence-electron chi connectivity index (χ3n) is 2.28. The monoisotopic (exact) mass is 271 g/mol. The second-order valence-corrected chi connectivity index (χ2v) is 4.40. The minimum Gasteiger partial charge on any atom is -0.494 e. The number of ether oxygens (including phenoxy) is 1. The highest BCUT2D eigenvalue weighted by Crippen LogP contribution is 2.28. The quantitative estimate of drug-likeness (QED) is 0.888. The minimum absolute atomic E-state index is 0.0737. The van der Waals surface area contributed by atoms with Crippen LogP contribution in [0.1, 0.15) is 38.3 Å². The molecule has 0 saturated carbocycles. The van der Waals surface area contributed by atoms with Crippen LogP contribution in [0.15, 0.2) is 22.7 Å². The van der Waals surface area contributed by atoms with Crippen LogP contribution in [0.2, 0.25) is 0 Å². The number of hydrogen-bond acceptors (Lipinski definition) is 2. The van der Waals surface area contributed by atoms with Crippen LogP contribution in [0.3, 0.4) is 0 Å². The fraction of sp³-hybridized carbons (Fsp3) is 0.500. The van der Waals surface area contributed by atoms with Crippen LogP contribution in [-0.4, -0.2) is 6.61 Å². The number of nitrogens with two attached hydrogens (primary N) is 1. The van der Waals surface area contributed by atoms with Crippen molar-refractivity contribution < 1.29 is 4.74 Å². The van der Waals surface area contributed by atoms with Crippen LogP contribution in [0.4, 0.5) is 0 Å². The first kappa shape index (κ1) is 12.5. The zero-order valence-corrected chi connectivity index (χ0v) is 10.9. The van der Waals surface area contributed by atoms with Crippen LogP contribution in [-0.2, 0) is 0 Å². The van der Waals surface area contributed by atoms with E-state index in [4.69, 9.17) is 10.5 Å². The fourth-order valence-electron chi connectivity index (χ4n) is 1.34. The molecule has 0 fully saturated rings. The van der Waals surface area contributed by atoms with Crippen molar-refractivity contribution in [3.63, 3.8) is 0 Å². The molecule has 0 aliphatic carbocycles. The normalized spacial score (nSPS) is 12.5. The van der Waals surface area contributed by atoms with Gasteiger partial charge in [-0.05, 0) is 36.6 Å². The molecule has 0 saturated heterocycles. The van der Waals surface area contributed by atoms with Gasteiger partial charge in [0.2, 0.25) is 0 Å². The van der Waals surface area contributed by atoms with Crippen LogP contribution < -0.4 is 10.5 Å². The summed E-state index contributed by atoms with van der Waals surface area (Å²) >= 11 is 3.50. The molecule has 3 heteroatoms. The molecule has 0 heterocycles. The molecule has 0 amide bonds. The van der Waals surface area contributed by atoms with Crippen LogP contribution >= 0.6 is 15.9 Å². The predicted molar refractivity (Wildman–Crippen MR) is 67.1 cm³/mol. The van der Waals surface area contributed by atoms with Crippen LogP contribution in [0, 0.1) is 0 Å². The Bertz CT molecular complexity index is 314. The maximum Gasteiger partial charge on any atom is 0.119 e. The topological polar surface area (TPSA) is 35.2 Å². The highest BCUT2D eigenvalue weighted by molar-refractivity contribution is 9.10. The van der Waals surface area contributed by atoms with E-state index in [9.17, 15) is 0 Å². The summed E-state index contributed by atoms with van der Waals surface area (Å²) in [6, 6.07) is 6.06. The van der Waals surface area contributed by atoms with E-state index in [0.717, 1.165) is 35.2 Å². The molecule has 0 radical (unpaired) electrons. The van der Waals surface area contributed by atoms with Crippen LogP contribution in [0.25, 0.3) is 0 Å². The van der Waals surface area contributed by atoms with E-state index in [2.05, 4.69) is 29.8 Å². The van der Waals surface area contributed by atoms with E-state index >= 15 is 0 Å². The molecular weight excluding hydrogens is 254 g/mol. The van der Waals surface area contributed by atoms with Gasteiger partial charge in [-0.3, -0.25) is 0 Å². The van der Waals surface area contributed by atoms with Gasteiger partial charge in [0.05, 0.1) is 6.61 Å². The fourth-order valence-corrected chi connectivity index (χ4v) is 1.88. The van der Waals surface area contributed by atoms with Gasteiger partial charge in [0.15, 0.2) is 0 Å². The van der Waals surface area contributed by atoms with E-state index in [0.29, 0.717) is 0 Å². The van der Waals surface area contributed by atoms with E-state index in [1.54, 1.807) is 0 Å². The van der Waals surface area contributed by atoms with Crippen molar-refractivity contribution in [1.29, 1.82) is 0 Å². The first-order valence-corrected chi connectivity index (χ1v) is 6.16. The van der Waals surface area contributed by atoms with E-state index in [1.807, 2.05) is 18.2 Å². The Kier molecular flexibility index (Phi) is 5.12. The molecule has 1 aromatic carbocycles. The lowest BCUT2D eigenvalue weighted by Gasteiger charge is -2.13. The van der Waals surface area contributed by atoms with Gasteiger partial charge in [-0.2, -0.15) is 0 Å². The van der Waals surface area contributed by atoms with E-state index < -0.39 is 0 Å². The van der Waals surface area contributed by atoms with Gasteiger partial charge in [0.1, 0.15) is 5.75 Å². The third-order valence-corrected chi connectivity index (χ3v) is 3.00. The largest absolute Gasteiger partial charge is 0.494 e. The second kappa shape index (κ2) is 6.13. The molecule has 2 nitrogen and oxygen atoms in total. The standard InChI is InChI=1S/C12H18BrNO/c1-3-7-15-9-5-6-11(13)10(8-9)12(14)4-2/h5-6,8,12H,3-4,7,14H2,1-2H3. The van der Waals surface area contributed by atoms with Gasteiger partial charge in [0.25, 0.3) is 0 Å². The molecule has 1 aromatic rings. The smallest absolute Gasteiger partial charge is 0.119 e. The Hall–Kier alpha value is -0.540. The summed E-state index contributed by atoms with van der Waals surface area (Å²) in [5.41, 5.74) is 7.12. The molecule has 0 aromatic heterocycles. The Balaban J connectivity index is 2.84. The summed E-state index contributed by atoms with van der Waals surface area (Å²) in [4.78, 5) is 0. The molecule has 2 N–H and O–H groups in total. The Morgan fingerprint density at radius 1 is 1.40 bits per heavy atom. The van der Waals surface area contributed by atoms with Gasteiger partial charge in [-0.25, -0.2) is 0 Å². The van der Waals surface area contributed by atoms with Gasteiger partial charge in [-0.15, -0.1) is 0 Å². The van der Waals surface area contributed by atoms with Gasteiger partial charge >= 0.3 is 0 Å². The first-order chi connectivity index (χ1) is 7.19. The van der Waals surface area contributed by atoms with Crippen molar-refractivity contribution in [3.05, 3.63) is 28.2 Å². The average Bonchev–Trinajstić information content (AvgIpc) is 2.27. The Morgan fingerprint density at radius 3 is 2.73 bits per heavy atom. The third kappa shape index (κ3) is 3.50. The number of halogens is 1. The summed E-state index contributed by atoms with van der Waals surface area (Å²) in [5.74, 6) is 0.902. The Labute approximate surface area is 99.9 Å². The molecule has 1 rings (SSSR count). The molecular formula is C12H18BrNO. The highest BCUT2D eigenvalue weighted by Gasteiger charge is 2.09. The summed E-state index contributed by atoms with van der Waals surface area (Å²) in [6.07, 6.45) is 1.95. The minimum atomic E-state index is 0.0737. The molecule has 0 aliphatic rings. The van der Waals surface area contributed by atoms with Crippen molar-refractivity contribution >= 4 is 15.9 Å². The average molecular weight is 272 g/mol. The summed E-state index contributed by atoms with van der Waals surface area (Å²) in [7, 11) is 0. The van der Waals surface area contributed by atoms with Crippen molar-refractivity contribution in [1.82, 2.24) is 0 Å². The van der Waals surface area contributed by atoms with Crippen molar-refractivity contribution in [2.45, 2.75) is 32.7 Å². The summed E-state index contributed by atoms with van der Waals surface area (Å²) < 4.78 is 6.63. The molecule has 1 atom stereocenters. The molecule has 84 valence electrons. The molecule has 15 heavy (non-hydrogen) atoms. The lowest BCUT2D eigenvalue weighted by molar-refractivity contribution is 0.317. The van der Waals surface area contributed by atoms with Crippen molar-refractivity contribution in [2.75, 3.05) is 6.61 Å². The van der Waals surface area contributed by atoms with E-state index in [1.165, 1.54) is 0 Å². The number of benzene rings is 1. The van der Waals surface area contributed by atoms with E-state index in [-0.39, 0.29) is 6.04 Å². The lowest BCUT2D eigenvalue weighted by Crippen LogP contribution is -2.09. The molecule has 0 aliphatic heterocycles.